The van der Waals surface area contributed by atoms with Gasteiger partial charge in [-0.15, -0.1) is 0 Å². The van der Waals surface area contributed by atoms with Crippen molar-refractivity contribution in [2.75, 3.05) is 19.3 Å². The van der Waals surface area contributed by atoms with Gasteiger partial charge >= 0.3 is 6.18 Å². The molecule has 0 amide bonds. The van der Waals surface area contributed by atoms with E-state index in [2.05, 4.69) is 5.32 Å². The van der Waals surface area contributed by atoms with E-state index in [4.69, 9.17) is 0 Å². The first-order chi connectivity index (χ1) is 9.71. The van der Waals surface area contributed by atoms with Gasteiger partial charge in [0.1, 0.15) is 0 Å². The lowest BCUT2D eigenvalue weighted by molar-refractivity contribution is -0.137. The summed E-state index contributed by atoms with van der Waals surface area (Å²) in [5.74, 6) is 0. The standard InChI is InChI=1S/C14H20F3NO2S/c1-10(21(2)20)7-8-18-9-13(19)11-3-5-12(6-4-11)14(15,16)17/h3-6,10,13,18-19H,7-9H2,1-2H3. The Morgan fingerprint density at radius 2 is 1.86 bits per heavy atom. The summed E-state index contributed by atoms with van der Waals surface area (Å²) in [5, 5.41) is 13.0. The third-order valence-electron chi connectivity index (χ3n) is 3.25. The van der Waals surface area contributed by atoms with Gasteiger partial charge in [-0.1, -0.05) is 19.1 Å². The molecule has 0 bridgehead atoms. The van der Waals surface area contributed by atoms with Gasteiger partial charge in [0.25, 0.3) is 0 Å². The van der Waals surface area contributed by atoms with Crippen LogP contribution in [0.4, 0.5) is 13.2 Å². The maximum Gasteiger partial charge on any atom is 0.416 e. The van der Waals surface area contributed by atoms with E-state index in [9.17, 15) is 22.5 Å². The van der Waals surface area contributed by atoms with Crippen molar-refractivity contribution in [2.24, 2.45) is 0 Å². The molecule has 120 valence electrons. The van der Waals surface area contributed by atoms with Crippen molar-refractivity contribution in [1.29, 1.82) is 0 Å². The van der Waals surface area contributed by atoms with E-state index in [-0.39, 0.29) is 11.8 Å². The van der Waals surface area contributed by atoms with Crippen LogP contribution in [0.15, 0.2) is 24.3 Å². The molecule has 0 aromatic heterocycles. The molecule has 0 spiro atoms. The molecule has 1 aromatic rings. The molecule has 3 atom stereocenters. The Bertz CT molecular complexity index is 462. The van der Waals surface area contributed by atoms with E-state index in [1.807, 2.05) is 6.92 Å². The Hall–Kier alpha value is -0.920. The highest BCUT2D eigenvalue weighted by atomic mass is 32.2. The van der Waals surface area contributed by atoms with Gasteiger partial charge in [0.15, 0.2) is 0 Å². The zero-order valence-electron chi connectivity index (χ0n) is 12.0. The number of rotatable bonds is 7. The van der Waals surface area contributed by atoms with Crippen LogP contribution in [0.3, 0.4) is 0 Å². The molecule has 0 aliphatic carbocycles. The van der Waals surface area contributed by atoms with Crippen molar-refractivity contribution in [3.05, 3.63) is 35.4 Å². The second kappa shape index (κ2) is 7.91. The maximum absolute atomic E-state index is 12.4. The summed E-state index contributed by atoms with van der Waals surface area (Å²) in [7, 11) is -0.881. The van der Waals surface area contributed by atoms with Crippen LogP contribution in [0.25, 0.3) is 0 Å². The highest BCUT2D eigenvalue weighted by molar-refractivity contribution is 7.84. The molecule has 1 rings (SSSR count). The highest BCUT2D eigenvalue weighted by Gasteiger charge is 2.30. The smallest absolute Gasteiger partial charge is 0.387 e. The molecule has 3 nitrogen and oxygen atoms in total. The summed E-state index contributed by atoms with van der Waals surface area (Å²) >= 11 is 0. The molecule has 2 N–H and O–H groups in total. The number of nitrogens with one attached hydrogen (secondary N) is 1. The second-order valence-corrected chi connectivity index (χ2v) is 6.74. The van der Waals surface area contributed by atoms with Gasteiger partial charge in [-0.3, -0.25) is 4.21 Å². The zero-order valence-corrected chi connectivity index (χ0v) is 12.8. The van der Waals surface area contributed by atoms with Gasteiger partial charge in [-0.25, -0.2) is 0 Å². The van der Waals surface area contributed by atoms with Crippen LogP contribution in [0.2, 0.25) is 0 Å². The molecular formula is C14H20F3NO2S. The van der Waals surface area contributed by atoms with Crippen LogP contribution in [0, 0.1) is 0 Å². The first kappa shape index (κ1) is 18.1. The first-order valence-electron chi connectivity index (χ1n) is 6.60. The maximum atomic E-state index is 12.4. The third-order valence-corrected chi connectivity index (χ3v) is 4.62. The molecule has 1 aromatic carbocycles. The van der Waals surface area contributed by atoms with Crippen molar-refractivity contribution in [1.82, 2.24) is 5.32 Å². The van der Waals surface area contributed by atoms with E-state index in [0.29, 0.717) is 18.5 Å². The Labute approximate surface area is 125 Å². The van der Waals surface area contributed by atoms with E-state index >= 15 is 0 Å². The summed E-state index contributed by atoms with van der Waals surface area (Å²) in [5.41, 5.74) is -0.298. The van der Waals surface area contributed by atoms with E-state index < -0.39 is 28.6 Å². The van der Waals surface area contributed by atoms with Gasteiger partial charge in [-0.2, -0.15) is 13.2 Å². The average Bonchev–Trinajstić information content (AvgIpc) is 2.42. The summed E-state index contributed by atoms with van der Waals surface area (Å²) in [4.78, 5) is 0. The van der Waals surface area contributed by atoms with Crippen LogP contribution in [-0.4, -0.2) is 33.9 Å². The van der Waals surface area contributed by atoms with Crippen LogP contribution < -0.4 is 5.32 Å². The molecule has 0 saturated heterocycles. The number of aliphatic hydroxyl groups excluding tert-OH is 1. The molecule has 0 aliphatic heterocycles. The first-order valence-corrected chi connectivity index (χ1v) is 8.22. The Kier molecular flexibility index (Phi) is 6.83. The fraction of sp³-hybridized carbons (Fsp3) is 0.571. The lowest BCUT2D eigenvalue weighted by atomic mass is 10.1. The monoisotopic (exact) mass is 323 g/mol. The van der Waals surface area contributed by atoms with E-state index in [1.165, 1.54) is 12.1 Å². The molecule has 21 heavy (non-hydrogen) atoms. The summed E-state index contributed by atoms with van der Waals surface area (Å²) in [6.45, 7) is 2.72. The zero-order chi connectivity index (χ0) is 16.0. The van der Waals surface area contributed by atoms with E-state index in [1.54, 1.807) is 6.26 Å². The van der Waals surface area contributed by atoms with Gasteiger partial charge in [0, 0.05) is 28.9 Å². The molecule has 0 aliphatic rings. The lowest BCUT2D eigenvalue weighted by Gasteiger charge is -2.14. The Morgan fingerprint density at radius 3 is 2.33 bits per heavy atom. The summed E-state index contributed by atoms with van der Waals surface area (Å²) in [6, 6.07) is 4.47. The van der Waals surface area contributed by atoms with Gasteiger partial charge < -0.3 is 10.4 Å². The molecule has 7 heteroatoms. The molecule has 0 heterocycles. The van der Waals surface area contributed by atoms with Crippen molar-refractivity contribution in [3.63, 3.8) is 0 Å². The van der Waals surface area contributed by atoms with Gasteiger partial charge in [0.2, 0.25) is 0 Å². The number of benzene rings is 1. The number of hydrogen-bond donors (Lipinski definition) is 2. The van der Waals surface area contributed by atoms with Crippen LogP contribution in [0.1, 0.15) is 30.6 Å². The number of halogens is 3. The number of alkyl halides is 3. The predicted molar refractivity (Wildman–Crippen MR) is 77.4 cm³/mol. The molecular weight excluding hydrogens is 303 g/mol. The van der Waals surface area contributed by atoms with Gasteiger partial charge in [0.05, 0.1) is 11.7 Å². The topological polar surface area (TPSA) is 49.3 Å². The SMILES string of the molecule is CC(CCNCC(O)c1ccc(C(F)(F)F)cc1)S(C)=O. The van der Waals surface area contributed by atoms with Crippen molar-refractivity contribution in [2.45, 2.75) is 30.9 Å². The summed E-state index contributed by atoms with van der Waals surface area (Å²) in [6.07, 6.45) is -2.88. The average molecular weight is 323 g/mol. The van der Waals surface area contributed by atoms with Crippen molar-refractivity contribution < 1.29 is 22.5 Å². The van der Waals surface area contributed by atoms with Gasteiger partial charge in [-0.05, 0) is 30.7 Å². The largest absolute Gasteiger partial charge is 0.416 e. The fourth-order valence-corrected chi connectivity index (χ4v) is 2.17. The molecule has 3 unspecified atom stereocenters. The third kappa shape index (κ3) is 6.15. The fourth-order valence-electron chi connectivity index (χ4n) is 1.72. The van der Waals surface area contributed by atoms with E-state index in [0.717, 1.165) is 12.1 Å². The van der Waals surface area contributed by atoms with Crippen molar-refractivity contribution >= 4 is 10.8 Å². The number of hydrogen-bond acceptors (Lipinski definition) is 3. The predicted octanol–water partition coefficient (Wildman–Crippen LogP) is 2.49. The van der Waals surface area contributed by atoms with Crippen LogP contribution in [0.5, 0.6) is 0 Å². The molecule has 0 radical (unpaired) electrons. The Balaban J connectivity index is 2.42. The Morgan fingerprint density at radius 1 is 1.29 bits per heavy atom. The number of aliphatic hydroxyl groups is 1. The normalized spacial score (nSPS) is 16.5. The lowest BCUT2D eigenvalue weighted by Crippen LogP contribution is -2.25. The quantitative estimate of drug-likeness (QED) is 0.758. The minimum atomic E-state index is -4.37. The van der Waals surface area contributed by atoms with Crippen molar-refractivity contribution in [3.8, 4) is 0 Å². The minimum Gasteiger partial charge on any atom is -0.387 e. The van der Waals surface area contributed by atoms with Crippen LogP contribution >= 0.6 is 0 Å². The second-order valence-electron chi connectivity index (χ2n) is 4.94. The minimum absolute atomic E-state index is 0.0701. The highest BCUT2D eigenvalue weighted by Crippen LogP contribution is 2.29. The molecule has 0 saturated carbocycles. The summed E-state index contributed by atoms with van der Waals surface area (Å²) < 4.78 is 48.4. The van der Waals surface area contributed by atoms with Crippen LogP contribution in [-0.2, 0) is 17.0 Å². The molecule has 0 fully saturated rings.